The summed E-state index contributed by atoms with van der Waals surface area (Å²) in [4.78, 5) is 0. The third-order valence-electron chi connectivity index (χ3n) is 2.41. The lowest BCUT2D eigenvalue weighted by molar-refractivity contribution is 0.481. The smallest absolute Gasteiger partial charge is 0.123 e. The zero-order chi connectivity index (χ0) is 10.1. The second-order valence-corrected chi connectivity index (χ2v) is 3.65. The van der Waals surface area contributed by atoms with Gasteiger partial charge in [-0.05, 0) is 18.1 Å². The Bertz CT molecular complexity index is 477. The van der Waals surface area contributed by atoms with Crippen molar-refractivity contribution in [2.24, 2.45) is 0 Å². The minimum absolute atomic E-state index is 0.307. The Kier molecular flexibility index (Phi) is 2.34. The minimum atomic E-state index is 0.307. The number of aryl methyl sites for hydroxylation is 1. The van der Waals surface area contributed by atoms with Gasteiger partial charge in [-0.15, -0.1) is 0 Å². The number of halogens is 1. The van der Waals surface area contributed by atoms with Gasteiger partial charge in [0.2, 0.25) is 0 Å². The summed E-state index contributed by atoms with van der Waals surface area (Å²) in [6.07, 6.45) is 0.831. The highest BCUT2D eigenvalue weighted by Gasteiger charge is 2.07. The maximum Gasteiger partial charge on any atom is 0.123 e. The van der Waals surface area contributed by atoms with Crippen LogP contribution in [-0.2, 0) is 6.42 Å². The molecule has 0 aliphatic rings. The van der Waals surface area contributed by atoms with Gasteiger partial charge in [-0.1, -0.05) is 42.8 Å². The summed E-state index contributed by atoms with van der Waals surface area (Å²) in [5, 5.41) is 12.2. The van der Waals surface area contributed by atoms with Crippen molar-refractivity contribution in [1.29, 1.82) is 0 Å². The fourth-order valence-electron chi connectivity index (χ4n) is 1.63. The number of phenols is 1. The average molecular weight is 207 g/mol. The van der Waals surface area contributed by atoms with Crippen molar-refractivity contribution in [3.8, 4) is 5.75 Å². The van der Waals surface area contributed by atoms with Gasteiger partial charge in [0.25, 0.3) is 0 Å². The van der Waals surface area contributed by atoms with Gasteiger partial charge in [-0.3, -0.25) is 0 Å². The van der Waals surface area contributed by atoms with Gasteiger partial charge >= 0.3 is 0 Å². The van der Waals surface area contributed by atoms with Gasteiger partial charge in [0.1, 0.15) is 5.75 Å². The largest absolute Gasteiger partial charge is 0.507 e. The number of phenolic OH excluding ortho intramolecular Hbond substituents is 1. The number of aromatic hydroxyl groups is 1. The summed E-state index contributed by atoms with van der Waals surface area (Å²) < 4.78 is 0. The zero-order valence-corrected chi connectivity index (χ0v) is 8.67. The molecule has 2 aromatic carbocycles. The number of rotatable bonds is 1. The van der Waals surface area contributed by atoms with E-state index in [2.05, 4.69) is 0 Å². The van der Waals surface area contributed by atoms with Crippen molar-refractivity contribution in [3.63, 3.8) is 0 Å². The summed E-state index contributed by atoms with van der Waals surface area (Å²) in [7, 11) is 0. The molecule has 14 heavy (non-hydrogen) atoms. The van der Waals surface area contributed by atoms with E-state index in [-0.39, 0.29) is 0 Å². The van der Waals surface area contributed by atoms with E-state index in [0.717, 1.165) is 27.8 Å². The van der Waals surface area contributed by atoms with Crippen LogP contribution in [0.3, 0.4) is 0 Å². The van der Waals surface area contributed by atoms with Crippen LogP contribution in [0.5, 0.6) is 5.75 Å². The minimum Gasteiger partial charge on any atom is -0.507 e. The van der Waals surface area contributed by atoms with Crippen LogP contribution in [0.4, 0.5) is 0 Å². The standard InChI is InChI=1S/C12H11ClO/c1-2-8-7-11(14)9-5-3-4-6-10(9)12(8)13/h3-7,14H,2H2,1H3. The van der Waals surface area contributed by atoms with E-state index in [1.54, 1.807) is 6.07 Å². The van der Waals surface area contributed by atoms with Crippen LogP contribution in [0.15, 0.2) is 30.3 Å². The Balaban J connectivity index is 2.87. The molecule has 2 rings (SSSR count). The molecule has 0 saturated heterocycles. The third-order valence-corrected chi connectivity index (χ3v) is 2.86. The molecular formula is C12H11ClO. The molecule has 0 unspecified atom stereocenters. The second-order valence-electron chi connectivity index (χ2n) is 3.27. The maximum atomic E-state index is 9.75. The van der Waals surface area contributed by atoms with Crippen molar-refractivity contribution >= 4 is 22.4 Å². The van der Waals surface area contributed by atoms with E-state index in [1.165, 1.54) is 0 Å². The first-order valence-corrected chi connectivity index (χ1v) is 5.01. The van der Waals surface area contributed by atoms with E-state index in [1.807, 2.05) is 31.2 Å². The molecule has 0 radical (unpaired) electrons. The van der Waals surface area contributed by atoms with Crippen molar-refractivity contribution < 1.29 is 5.11 Å². The van der Waals surface area contributed by atoms with E-state index in [4.69, 9.17) is 11.6 Å². The Hall–Kier alpha value is -1.21. The zero-order valence-electron chi connectivity index (χ0n) is 7.92. The Morgan fingerprint density at radius 3 is 2.50 bits per heavy atom. The van der Waals surface area contributed by atoms with Crippen LogP contribution in [0.1, 0.15) is 12.5 Å². The molecule has 0 aliphatic heterocycles. The third kappa shape index (κ3) is 1.34. The molecule has 0 aromatic heterocycles. The van der Waals surface area contributed by atoms with Gasteiger partial charge in [0.15, 0.2) is 0 Å². The Morgan fingerprint density at radius 1 is 1.21 bits per heavy atom. The molecule has 2 aromatic rings. The molecule has 0 heterocycles. The lowest BCUT2D eigenvalue weighted by Crippen LogP contribution is -1.84. The fourth-order valence-corrected chi connectivity index (χ4v) is 1.99. The summed E-state index contributed by atoms with van der Waals surface area (Å²) in [5.74, 6) is 0.307. The first-order chi connectivity index (χ1) is 6.74. The van der Waals surface area contributed by atoms with E-state index in [9.17, 15) is 5.11 Å². The van der Waals surface area contributed by atoms with E-state index >= 15 is 0 Å². The van der Waals surface area contributed by atoms with Crippen LogP contribution < -0.4 is 0 Å². The number of hydrogen-bond donors (Lipinski definition) is 1. The van der Waals surface area contributed by atoms with Gasteiger partial charge in [-0.25, -0.2) is 0 Å². The number of hydrogen-bond acceptors (Lipinski definition) is 1. The van der Waals surface area contributed by atoms with E-state index in [0.29, 0.717) is 5.75 Å². The van der Waals surface area contributed by atoms with Gasteiger partial charge in [0, 0.05) is 10.8 Å². The van der Waals surface area contributed by atoms with Crippen LogP contribution in [-0.4, -0.2) is 5.11 Å². The lowest BCUT2D eigenvalue weighted by atomic mass is 10.0. The van der Waals surface area contributed by atoms with Crippen LogP contribution in [0, 0.1) is 0 Å². The molecule has 0 amide bonds. The predicted octanol–water partition coefficient (Wildman–Crippen LogP) is 3.76. The van der Waals surface area contributed by atoms with E-state index < -0.39 is 0 Å². The van der Waals surface area contributed by atoms with Crippen LogP contribution in [0.2, 0.25) is 5.02 Å². The molecule has 0 saturated carbocycles. The molecule has 1 nitrogen and oxygen atoms in total. The fraction of sp³-hybridized carbons (Fsp3) is 0.167. The molecule has 1 N–H and O–H groups in total. The lowest BCUT2D eigenvalue weighted by Gasteiger charge is -2.07. The highest BCUT2D eigenvalue weighted by molar-refractivity contribution is 6.36. The van der Waals surface area contributed by atoms with Crippen molar-refractivity contribution in [2.45, 2.75) is 13.3 Å². The summed E-state index contributed by atoms with van der Waals surface area (Å²) in [6.45, 7) is 2.02. The normalized spacial score (nSPS) is 10.7. The molecule has 0 fully saturated rings. The molecule has 0 atom stereocenters. The molecule has 72 valence electrons. The summed E-state index contributed by atoms with van der Waals surface area (Å²) in [6, 6.07) is 9.36. The Labute approximate surface area is 87.9 Å². The van der Waals surface area contributed by atoms with Crippen molar-refractivity contribution in [1.82, 2.24) is 0 Å². The molecular weight excluding hydrogens is 196 g/mol. The van der Waals surface area contributed by atoms with Crippen LogP contribution >= 0.6 is 11.6 Å². The highest BCUT2D eigenvalue weighted by Crippen LogP contribution is 2.33. The monoisotopic (exact) mass is 206 g/mol. The SMILES string of the molecule is CCc1cc(O)c2ccccc2c1Cl. The highest BCUT2D eigenvalue weighted by atomic mass is 35.5. The molecule has 0 bridgehead atoms. The summed E-state index contributed by atoms with van der Waals surface area (Å²) >= 11 is 6.20. The first kappa shape index (κ1) is 9.35. The average Bonchev–Trinajstić information content (AvgIpc) is 2.23. The quantitative estimate of drug-likeness (QED) is 0.753. The van der Waals surface area contributed by atoms with Gasteiger partial charge in [-0.2, -0.15) is 0 Å². The topological polar surface area (TPSA) is 20.2 Å². The van der Waals surface area contributed by atoms with Gasteiger partial charge in [0.05, 0.1) is 5.02 Å². The van der Waals surface area contributed by atoms with Crippen molar-refractivity contribution in [2.75, 3.05) is 0 Å². The maximum absolute atomic E-state index is 9.75. The van der Waals surface area contributed by atoms with Crippen molar-refractivity contribution in [3.05, 3.63) is 40.9 Å². The van der Waals surface area contributed by atoms with Gasteiger partial charge < -0.3 is 5.11 Å². The first-order valence-electron chi connectivity index (χ1n) is 4.63. The summed E-state index contributed by atoms with van der Waals surface area (Å²) in [5.41, 5.74) is 0.989. The molecule has 0 spiro atoms. The number of fused-ring (bicyclic) bond motifs is 1. The predicted molar refractivity (Wildman–Crippen MR) is 60.0 cm³/mol. The Morgan fingerprint density at radius 2 is 1.86 bits per heavy atom. The number of benzene rings is 2. The molecule has 2 heteroatoms. The van der Waals surface area contributed by atoms with Crippen LogP contribution in [0.25, 0.3) is 10.8 Å². The molecule has 0 aliphatic carbocycles. The second kappa shape index (κ2) is 3.50.